The first-order chi connectivity index (χ1) is 6.92. The Balaban J connectivity index is 2.70. The maximum Gasteiger partial charge on any atom is 0.120 e. The van der Waals surface area contributed by atoms with Crippen LogP contribution in [-0.4, -0.2) is 19.2 Å². The van der Waals surface area contributed by atoms with E-state index in [1.165, 1.54) is 0 Å². The maximum absolute atomic E-state index is 6.05. The van der Waals surface area contributed by atoms with E-state index in [4.69, 9.17) is 22.1 Å². The number of hydrogen-bond acceptors (Lipinski definition) is 3. The first kappa shape index (κ1) is 12.1. The lowest BCUT2D eigenvalue weighted by Gasteiger charge is -2.20. The lowest BCUT2D eigenvalue weighted by molar-refractivity contribution is 0.415. The van der Waals surface area contributed by atoms with E-state index in [2.05, 4.69) is 5.32 Å². The molecule has 0 aliphatic rings. The number of benzene rings is 1. The Morgan fingerprint density at radius 3 is 2.60 bits per heavy atom. The van der Waals surface area contributed by atoms with Gasteiger partial charge in [-0.1, -0.05) is 11.6 Å². The highest BCUT2D eigenvalue weighted by molar-refractivity contribution is 6.33. The van der Waals surface area contributed by atoms with E-state index in [1.807, 2.05) is 26.0 Å². The summed E-state index contributed by atoms with van der Waals surface area (Å²) >= 11 is 6.05. The monoisotopic (exact) mass is 228 g/mol. The number of anilines is 1. The van der Waals surface area contributed by atoms with E-state index in [0.29, 0.717) is 11.6 Å². The van der Waals surface area contributed by atoms with E-state index >= 15 is 0 Å². The average molecular weight is 229 g/mol. The van der Waals surface area contributed by atoms with Crippen LogP contribution in [-0.2, 0) is 0 Å². The molecule has 0 heterocycles. The molecule has 0 aliphatic carbocycles. The molecule has 3 nitrogen and oxygen atoms in total. The largest absolute Gasteiger partial charge is 0.497 e. The summed E-state index contributed by atoms with van der Waals surface area (Å²) in [5.41, 5.74) is 6.47. The third-order valence-corrected chi connectivity index (χ3v) is 2.22. The van der Waals surface area contributed by atoms with Crippen LogP contribution in [0, 0.1) is 0 Å². The smallest absolute Gasteiger partial charge is 0.120 e. The van der Waals surface area contributed by atoms with E-state index in [9.17, 15) is 0 Å². The average Bonchev–Trinajstić information content (AvgIpc) is 2.14. The normalized spacial score (nSPS) is 11.3. The highest BCUT2D eigenvalue weighted by atomic mass is 35.5. The predicted octanol–water partition coefficient (Wildman–Crippen LogP) is 2.50. The number of nitrogens with two attached hydrogens (primary N) is 1. The molecule has 84 valence electrons. The number of ether oxygens (including phenoxy) is 1. The molecule has 0 aromatic heterocycles. The molecule has 0 saturated carbocycles. The molecule has 0 fully saturated rings. The second kappa shape index (κ2) is 4.73. The van der Waals surface area contributed by atoms with E-state index < -0.39 is 0 Å². The first-order valence-electron chi connectivity index (χ1n) is 4.79. The molecule has 1 rings (SSSR count). The summed E-state index contributed by atoms with van der Waals surface area (Å²) in [7, 11) is 1.61. The molecule has 1 aromatic carbocycles. The molecule has 0 spiro atoms. The Hall–Kier alpha value is -0.930. The number of halogens is 1. The lowest BCUT2D eigenvalue weighted by atomic mass is 10.1. The fourth-order valence-electron chi connectivity index (χ4n) is 1.09. The molecule has 0 saturated heterocycles. The third kappa shape index (κ3) is 3.98. The Morgan fingerprint density at radius 2 is 2.13 bits per heavy atom. The van der Waals surface area contributed by atoms with Crippen molar-refractivity contribution in [3.8, 4) is 5.75 Å². The molecule has 0 unspecified atom stereocenters. The SMILES string of the molecule is COc1ccc(NCC(C)(C)N)c(Cl)c1. The third-order valence-electron chi connectivity index (χ3n) is 1.91. The fraction of sp³-hybridized carbons (Fsp3) is 0.455. The minimum Gasteiger partial charge on any atom is -0.497 e. The summed E-state index contributed by atoms with van der Waals surface area (Å²) in [4.78, 5) is 0. The van der Waals surface area contributed by atoms with Gasteiger partial charge in [-0.05, 0) is 26.0 Å². The standard InChI is InChI=1S/C11H17ClN2O/c1-11(2,13)7-14-10-5-4-8(15-3)6-9(10)12/h4-6,14H,7,13H2,1-3H3. The number of rotatable bonds is 4. The van der Waals surface area contributed by atoms with E-state index in [0.717, 1.165) is 11.4 Å². The van der Waals surface area contributed by atoms with Crippen LogP contribution >= 0.6 is 11.6 Å². The van der Waals surface area contributed by atoms with Crippen molar-refractivity contribution >= 4 is 17.3 Å². The van der Waals surface area contributed by atoms with Crippen LogP contribution in [0.1, 0.15) is 13.8 Å². The lowest BCUT2D eigenvalue weighted by Crippen LogP contribution is -2.39. The number of hydrogen-bond donors (Lipinski definition) is 2. The van der Waals surface area contributed by atoms with Gasteiger partial charge in [-0.15, -0.1) is 0 Å². The molecular formula is C11H17ClN2O. The van der Waals surface area contributed by atoms with Gasteiger partial charge in [0.1, 0.15) is 5.75 Å². The van der Waals surface area contributed by atoms with Gasteiger partial charge in [0.05, 0.1) is 17.8 Å². The number of methoxy groups -OCH3 is 1. The molecule has 4 heteroatoms. The Labute approximate surface area is 95.6 Å². The van der Waals surface area contributed by atoms with Gasteiger partial charge in [0, 0.05) is 18.2 Å². The van der Waals surface area contributed by atoms with Crippen molar-refractivity contribution in [3.05, 3.63) is 23.2 Å². The van der Waals surface area contributed by atoms with Crippen LogP contribution in [0.4, 0.5) is 5.69 Å². The summed E-state index contributed by atoms with van der Waals surface area (Å²) in [6, 6.07) is 5.51. The van der Waals surface area contributed by atoms with Crippen molar-refractivity contribution < 1.29 is 4.74 Å². The van der Waals surface area contributed by atoms with Crippen LogP contribution in [0.15, 0.2) is 18.2 Å². The second-order valence-corrected chi connectivity index (χ2v) is 4.60. The second-order valence-electron chi connectivity index (χ2n) is 4.19. The van der Waals surface area contributed by atoms with E-state index in [1.54, 1.807) is 13.2 Å². The molecular weight excluding hydrogens is 212 g/mol. The van der Waals surface area contributed by atoms with Crippen molar-refractivity contribution in [2.75, 3.05) is 19.0 Å². The van der Waals surface area contributed by atoms with Crippen molar-refractivity contribution in [3.63, 3.8) is 0 Å². The molecule has 3 N–H and O–H groups in total. The minimum atomic E-state index is -0.261. The molecule has 0 amide bonds. The Kier molecular flexibility index (Phi) is 3.83. The zero-order valence-corrected chi connectivity index (χ0v) is 10.1. The number of nitrogens with one attached hydrogen (secondary N) is 1. The van der Waals surface area contributed by atoms with Crippen LogP contribution < -0.4 is 15.8 Å². The van der Waals surface area contributed by atoms with Gasteiger partial charge in [0.25, 0.3) is 0 Å². The van der Waals surface area contributed by atoms with Gasteiger partial charge in [-0.3, -0.25) is 0 Å². The summed E-state index contributed by atoms with van der Waals surface area (Å²) in [6.45, 7) is 4.58. The summed E-state index contributed by atoms with van der Waals surface area (Å²) in [5.74, 6) is 0.748. The van der Waals surface area contributed by atoms with Crippen LogP contribution in [0.25, 0.3) is 0 Å². The maximum atomic E-state index is 6.05. The van der Waals surface area contributed by atoms with Gasteiger partial charge in [-0.2, -0.15) is 0 Å². The van der Waals surface area contributed by atoms with Crippen molar-refractivity contribution in [1.82, 2.24) is 0 Å². The van der Waals surface area contributed by atoms with Crippen molar-refractivity contribution in [2.45, 2.75) is 19.4 Å². The minimum absolute atomic E-state index is 0.261. The Morgan fingerprint density at radius 1 is 1.47 bits per heavy atom. The zero-order chi connectivity index (χ0) is 11.5. The summed E-state index contributed by atoms with van der Waals surface area (Å²) in [5, 5.41) is 3.83. The Bertz CT molecular complexity index is 334. The zero-order valence-electron chi connectivity index (χ0n) is 9.30. The highest BCUT2D eigenvalue weighted by Crippen LogP contribution is 2.26. The van der Waals surface area contributed by atoms with Gasteiger partial charge in [-0.25, -0.2) is 0 Å². The summed E-state index contributed by atoms with van der Waals surface area (Å²) in [6.07, 6.45) is 0. The molecule has 0 radical (unpaired) electrons. The first-order valence-corrected chi connectivity index (χ1v) is 5.16. The van der Waals surface area contributed by atoms with Gasteiger partial charge < -0.3 is 15.8 Å². The fourth-order valence-corrected chi connectivity index (χ4v) is 1.33. The van der Waals surface area contributed by atoms with Crippen molar-refractivity contribution in [1.29, 1.82) is 0 Å². The van der Waals surface area contributed by atoms with Crippen molar-refractivity contribution in [2.24, 2.45) is 5.73 Å². The molecule has 0 bridgehead atoms. The van der Waals surface area contributed by atoms with Gasteiger partial charge in [0.15, 0.2) is 0 Å². The van der Waals surface area contributed by atoms with Gasteiger partial charge in [0.2, 0.25) is 0 Å². The van der Waals surface area contributed by atoms with Gasteiger partial charge >= 0.3 is 0 Å². The van der Waals surface area contributed by atoms with Crippen LogP contribution in [0.3, 0.4) is 0 Å². The van der Waals surface area contributed by atoms with E-state index in [-0.39, 0.29) is 5.54 Å². The summed E-state index contributed by atoms with van der Waals surface area (Å²) < 4.78 is 5.06. The predicted molar refractivity (Wildman–Crippen MR) is 64.8 cm³/mol. The quantitative estimate of drug-likeness (QED) is 0.833. The molecule has 0 aliphatic heterocycles. The van der Waals surface area contributed by atoms with Crippen LogP contribution in [0.2, 0.25) is 5.02 Å². The topological polar surface area (TPSA) is 47.3 Å². The highest BCUT2D eigenvalue weighted by Gasteiger charge is 2.11. The molecule has 1 aromatic rings. The molecule has 0 atom stereocenters. The van der Waals surface area contributed by atoms with Crippen LogP contribution in [0.5, 0.6) is 5.75 Å². The molecule has 15 heavy (non-hydrogen) atoms.